The maximum atomic E-state index is 12.0. The van der Waals surface area contributed by atoms with E-state index in [1.807, 2.05) is 0 Å². The van der Waals surface area contributed by atoms with Crippen molar-refractivity contribution < 1.29 is 13.2 Å². The number of rotatable bonds is 4. The standard InChI is InChI=1S/C11H18N4O3S/c1-2-19(17,18)14-10-3-5-15(6-4-10)11(16)9-7-12-13-8-9/h7-8,10,14H,2-6H2,1H3,(H,12,13). The molecule has 2 rings (SSSR count). The highest BCUT2D eigenvalue weighted by Gasteiger charge is 2.26. The molecule has 0 saturated carbocycles. The Morgan fingerprint density at radius 1 is 1.53 bits per heavy atom. The van der Waals surface area contributed by atoms with Gasteiger partial charge in [-0.3, -0.25) is 9.89 Å². The second-order valence-corrected chi connectivity index (χ2v) is 6.62. The van der Waals surface area contributed by atoms with Crippen LogP contribution in [0.4, 0.5) is 0 Å². The highest BCUT2D eigenvalue weighted by molar-refractivity contribution is 7.89. The molecule has 0 radical (unpaired) electrons. The van der Waals surface area contributed by atoms with Crippen molar-refractivity contribution in [3.05, 3.63) is 18.0 Å². The number of nitrogens with one attached hydrogen (secondary N) is 2. The van der Waals surface area contributed by atoms with E-state index in [0.717, 1.165) is 0 Å². The molecule has 19 heavy (non-hydrogen) atoms. The van der Waals surface area contributed by atoms with Gasteiger partial charge in [0.1, 0.15) is 0 Å². The Balaban J connectivity index is 1.88. The number of carbonyl (C=O) groups excluding carboxylic acids is 1. The Labute approximate surface area is 112 Å². The molecule has 0 aliphatic carbocycles. The Morgan fingerprint density at radius 2 is 2.21 bits per heavy atom. The van der Waals surface area contributed by atoms with E-state index in [2.05, 4.69) is 14.9 Å². The molecule has 1 aromatic rings. The van der Waals surface area contributed by atoms with Crippen molar-refractivity contribution in [2.75, 3.05) is 18.8 Å². The molecule has 7 nitrogen and oxygen atoms in total. The molecule has 8 heteroatoms. The Hall–Kier alpha value is -1.41. The highest BCUT2D eigenvalue weighted by atomic mass is 32.2. The predicted molar refractivity (Wildman–Crippen MR) is 70.1 cm³/mol. The number of aromatic amines is 1. The third kappa shape index (κ3) is 3.54. The molecule has 2 heterocycles. The number of hydrogen-bond donors (Lipinski definition) is 2. The fourth-order valence-electron chi connectivity index (χ4n) is 2.09. The van der Waals surface area contributed by atoms with E-state index in [-0.39, 0.29) is 17.7 Å². The summed E-state index contributed by atoms with van der Waals surface area (Å²) >= 11 is 0. The summed E-state index contributed by atoms with van der Waals surface area (Å²) in [6.07, 6.45) is 4.34. The van der Waals surface area contributed by atoms with Crippen LogP contribution >= 0.6 is 0 Å². The van der Waals surface area contributed by atoms with Gasteiger partial charge >= 0.3 is 0 Å². The van der Waals surface area contributed by atoms with Gasteiger partial charge in [-0.15, -0.1) is 0 Å². The molecule has 0 atom stereocenters. The normalized spacial score (nSPS) is 17.6. The average molecular weight is 286 g/mol. The van der Waals surface area contributed by atoms with Gasteiger partial charge in [-0.1, -0.05) is 0 Å². The molecule has 1 fully saturated rings. The van der Waals surface area contributed by atoms with E-state index in [1.54, 1.807) is 18.0 Å². The zero-order chi connectivity index (χ0) is 13.9. The smallest absolute Gasteiger partial charge is 0.257 e. The van der Waals surface area contributed by atoms with Gasteiger partial charge in [-0.25, -0.2) is 13.1 Å². The maximum Gasteiger partial charge on any atom is 0.257 e. The second kappa shape index (κ2) is 5.70. The molecular weight excluding hydrogens is 268 g/mol. The van der Waals surface area contributed by atoms with Crippen LogP contribution in [-0.2, 0) is 10.0 Å². The van der Waals surface area contributed by atoms with Crippen LogP contribution < -0.4 is 4.72 Å². The summed E-state index contributed by atoms with van der Waals surface area (Å²) in [6.45, 7) is 2.72. The van der Waals surface area contributed by atoms with Gasteiger partial charge in [0.25, 0.3) is 5.91 Å². The first-order valence-corrected chi connectivity index (χ1v) is 7.95. The number of H-pyrrole nitrogens is 1. The molecule has 0 aromatic carbocycles. The van der Waals surface area contributed by atoms with Gasteiger partial charge < -0.3 is 4.90 Å². The van der Waals surface area contributed by atoms with Crippen molar-refractivity contribution in [1.82, 2.24) is 19.8 Å². The first kappa shape index (κ1) is 14.0. The van der Waals surface area contributed by atoms with Crippen LogP contribution in [0.2, 0.25) is 0 Å². The van der Waals surface area contributed by atoms with Gasteiger partial charge in [0.05, 0.1) is 17.5 Å². The van der Waals surface area contributed by atoms with Gasteiger partial charge in [0.15, 0.2) is 0 Å². The summed E-state index contributed by atoms with van der Waals surface area (Å²) in [6, 6.07) is -0.0710. The molecular formula is C11H18N4O3S. The van der Waals surface area contributed by atoms with Crippen LogP contribution in [0.3, 0.4) is 0 Å². The van der Waals surface area contributed by atoms with E-state index in [9.17, 15) is 13.2 Å². The second-order valence-electron chi connectivity index (χ2n) is 4.57. The first-order chi connectivity index (χ1) is 9.02. The van der Waals surface area contributed by atoms with E-state index >= 15 is 0 Å². The maximum absolute atomic E-state index is 12.0. The minimum atomic E-state index is -3.17. The Bertz CT molecular complexity index is 518. The van der Waals surface area contributed by atoms with Crippen molar-refractivity contribution in [3.8, 4) is 0 Å². The molecule has 1 amide bonds. The lowest BCUT2D eigenvalue weighted by Gasteiger charge is -2.31. The zero-order valence-electron chi connectivity index (χ0n) is 10.8. The van der Waals surface area contributed by atoms with E-state index in [4.69, 9.17) is 0 Å². The quantitative estimate of drug-likeness (QED) is 0.811. The number of nitrogens with zero attached hydrogens (tertiary/aromatic N) is 2. The van der Waals surface area contributed by atoms with Crippen molar-refractivity contribution in [2.24, 2.45) is 0 Å². The minimum Gasteiger partial charge on any atom is -0.338 e. The van der Waals surface area contributed by atoms with E-state index in [0.29, 0.717) is 31.5 Å². The number of piperidine rings is 1. The fraction of sp³-hybridized carbons (Fsp3) is 0.636. The summed E-state index contributed by atoms with van der Waals surface area (Å²) in [4.78, 5) is 13.8. The first-order valence-electron chi connectivity index (χ1n) is 6.30. The molecule has 1 aliphatic heterocycles. The van der Waals surface area contributed by atoms with Gasteiger partial charge in [-0.2, -0.15) is 5.10 Å². The molecule has 0 unspecified atom stereocenters. The molecule has 1 aliphatic rings. The topological polar surface area (TPSA) is 95.2 Å². The highest BCUT2D eigenvalue weighted by Crippen LogP contribution is 2.14. The van der Waals surface area contributed by atoms with Crippen molar-refractivity contribution in [2.45, 2.75) is 25.8 Å². The molecule has 0 bridgehead atoms. The summed E-state index contributed by atoms with van der Waals surface area (Å²) in [5, 5.41) is 6.36. The lowest BCUT2D eigenvalue weighted by Crippen LogP contribution is -2.46. The molecule has 1 aromatic heterocycles. The Kier molecular flexibility index (Phi) is 4.20. The fourth-order valence-corrected chi connectivity index (χ4v) is 3.00. The third-order valence-corrected chi connectivity index (χ3v) is 4.71. The summed E-state index contributed by atoms with van der Waals surface area (Å²) in [5.41, 5.74) is 0.535. The zero-order valence-corrected chi connectivity index (χ0v) is 11.6. The van der Waals surface area contributed by atoms with Crippen LogP contribution in [0.15, 0.2) is 12.4 Å². The lowest BCUT2D eigenvalue weighted by atomic mass is 10.1. The number of aromatic nitrogens is 2. The summed E-state index contributed by atoms with van der Waals surface area (Å²) in [5.74, 6) is 0.0202. The van der Waals surface area contributed by atoms with Crippen LogP contribution in [0.1, 0.15) is 30.1 Å². The number of amides is 1. The van der Waals surface area contributed by atoms with Crippen LogP contribution in [0.25, 0.3) is 0 Å². The average Bonchev–Trinajstić information content (AvgIpc) is 2.92. The number of likely N-dealkylation sites (tertiary alicyclic amines) is 1. The molecule has 1 saturated heterocycles. The van der Waals surface area contributed by atoms with Crippen molar-refractivity contribution >= 4 is 15.9 Å². The summed E-state index contributed by atoms with van der Waals surface area (Å²) in [7, 11) is -3.17. The largest absolute Gasteiger partial charge is 0.338 e. The van der Waals surface area contributed by atoms with Gasteiger partial charge in [0.2, 0.25) is 10.0 Å². The van der Waals surface area contributed by atoms with Crippen LogP contribution in [0, 0.1) is 0 Å². The molecule has 106 valence electrons. The van der Waals surface area contributed by atoms with E-state index < -0.39 is 10.0 Å². The van der Waals surface area contributed by atoms with Gasteiger partial charge in [0, 0.05) is 25.3 Å². The third-order valence-electron chi connectivity index (χ3n) is 3.25. The number of sulfonamides is 1. The summed E-state index contributed by atoms with van der Waals surface area (Å²) < 4.78 is 25.6. The van der Waals surface area contributed by atoms with Crippen LogP contribution in [-0.4, -0.2) is 54.3 Å². The van der Waals surface area contributed by atoms with Crippen molar-refractivity contribution in [1.29, 1.82) is 0 Å². The Morgan fingerprint density at radius 3 is 2.74 bits per heavy atom. The SMILES string of the molecule is CCS(=O)(=O)NC1CCN(C(=O)c2cn[nH]c2)CC1. The van der Waals surface area contributed by atoms with E-state index in [1.165, 1.54) is 6.20 Å². The number of hydrogen-bond acceptors (Lipinski definition) is 4. The lowest BCUT2D eigenvalue weighted by molar-refractivity contribution is 0.0711. The monoisotopic (exact) mass is 286 g/mol. The molecule has 0 spiro atoms. The number of carbonyl (C=O) groups is 1. The minimum absolute atomic E-state index is 0.0643. The van der Waals surface area contributed by atoms with Crippen molar-refractivity contribution in [3.63, 3.8) is 0 Å². The predicted octanol–water partition coefficient (Wildman–Crippen LogP) is -0.0464. The van der Waals surface area contributed by atoms with Gasteiger partial charge in [-0.05, 0) is 19.8 Å². The van der Waals surface area contributed by atoms with Crippen LogP contribution in [0.5, 0.6) is 0 Å². The molecule has 2 N–H and O–H groups in total.